The fraction of sp³-hybridized carbons (Fsp3) is 0.381. The molecule has 0 saturated carbocycles. The summed E-state index contributed by atoms with van der Waals surface area (Å²) in [7, 11) is 1.72. The summed E-state index contributed by atoms with van der Waals surface area (Å²) in [6.07, 6.45) is 0. The molecular formula is C21H24FN5O5. The second-order valence-corrected chi connectivity index (χ2v) is 7.49. The summed E-state index contributed by atoms with van der Waals surface area (Å²) < 4.78 is 19.6. The van der Waals surface area contributed by atoms with Gasteiger partial charge in [-0.15, -0.1) is 0 Å². The lowest BCUT2D eigenvalue weighted by molar-refractivity contribution is 0.0676. The predicted octanol–water partition coefficient (Wildman–Crippen LogP) is 1.26. The molecule has 32 heavy (non-hydrogen) atoms. The van der Waals surface area contributed by atoms with Gasteiger partial charge < -0.3 is 35.2 Å². The van der Waals surface area contributed by atoms with Crippen LogP contribution in [-0.2, 0) is 4.74 Å². The van der Waals surface area contributed by atoms with Crippen LogP contribution in [0.2, 0.25) is 0 Å². The molecule has 0 aliphatic carbocycles. The summed E-state index contributed by atoms with van der Waals surface area (Å²) in [5.74, 6) is -2.13. The van der Waals surface area contributed by atoms with E-state index >= 15 is 0 Å². The number of halogens is 1. The van der Waals surface area contributed by atoms with E-state index in [4.69, 9.17) is 9.73 Å². The van der Waals surface area contributed by atoms with E-state index in [0.29, 0.717) is 43.6 Å². The van der Waals surface area contributed by atoms with Crippen molar-refractivity contribution in [1.29, 1.82) is 0 Å². The Hall–Kier alpha value is -3.44. The van der Waals surface area contributed by atoms with Crippen molar-refractivity contribution in [2.75, 3.05) is 56.7 Å². The van der Waals surface area contributed by atoms with Crippen molar-refractivity contribution in [3.05, 3.63) is 47.0 Å². The summed E-state index contributed by atoms with van der Waals surface area (Å²) in [5, 5.41) is 32.7. The highest BCUT2D eigenvalue weighted by molar-refractivity contribution is 6.01. The number of aromatic nitrogens is 1. The normalized spacial score (nSPS) is 17.9. The van der Waals surface area contributed by atoms with Gasteiger partial charge in [0.1, 0.15) is 6.04 Å². The lowest BCUT2D eigenvalue weighted by Gasteiger charge is -2.36. The van der Waals surface area contributed by atoms with E-state index in [1.807, 2.05) is 4.90 Å². The number of hydrogen-bond donors (Lipinski definition) is 4. The number of nitrogens with one attached hydrogen (secondary N) is 1. The predicted molar refractivity (Wildman–Crippen MR) is 115 cm³/mol. The van der Waals surface area contributed by atoms with E-state index in [-0.39, 0.29) is 30.1 Å². The van der Waals surface area contributed by atoms with Gasteiger partial charge in [-0.1, -0.05) is 12.1 Å². The van der Waals surface area contributed by atoms with Gasteiger partial charge in [-0.25, -0.2) is 19.2 Å². The number of likely N-dealkylation sites (N-methyl/N-ethyl adjacent to an activating group) is 1. The Kier molecular flexibility index (Phi) is 6.10. The lowest BCUT2D eigenvalue weighted by Crippen LogP contribution is -2.46. The Morgan fingerprint density at radius 2 is 2.12 bits per heavy atom. The van der Waals surface area contributed by atoms with Crippen molar-refractivity contribution < 1.29 is 29.2 Å². The second-order valence-electron chi connectivity index (χ2n) is 7.49. The molecule has 2 aliphatic rings. The molecule has 2 aromatic rings. The molecule has 10 nitrogen and oxygen atoms in total. The number of hydrogen-bond acceptors (Lipinski definition) is 9. The molecule has 1 unspecified atom stereocenters. The zero-order valence-corrected chi connectivity index (χ0v) is 17.5. The molecule has 0 bridgehead atoms. The van der Waals surface area contributed by atoms with Crippen LogP contribution in [0.5, 0.6) is 5.75 Å². The molecule has 0 radical (unpaired) electrons. The van der Waals surface area contributed by atoms with E-state index in [9.17, 15) is 24.5 Å². The van der Waals surface area contributed by atoms with Crippen LogP contribution < -0.4 is 10.2 Å². The van der Waals surface area contributed by atoms with Crippen molar-refractivity contribution in [2.45, 2.75) is 6.04 Å². The standard InChI is InChI=1S/C21H24FN5O5/c1-26(5-8-28)15-11-14(20(30)31)23-18-16(12-3-2-4-13(22)19(12)29)24-21(25-17(15)18)27-6-9-32-10-7-27/h2-4,11,16,28-29H,5-10H2,1H3,(H,24,25)(H,30,31). The van der Waals surface area contributed by atoms with Crippen molar-refractivity contribution in [1.82, 2.24) is 9.88 Å². The summed E-state index contributed by atoms with van der Waals surface area (Å²) in [5.41, 5.74) is 1.15. The fourth-order valence-corrected chi connectivity index (χ4v) is 3.79. The third-order valence-corrected chi connectivity index (χ3v) is 5.46. The molecule has 4 rings (SSSR count). The molecule has 170 valence electrons. The number of anilines is 2. The van der Waals surface area contributed by atoms with E-state index in [1.54, 1.807) is 11.9 Å². The topological polar surface area (TPSA) is 131 Å². The molecular weight excluding hydrogens is 421 g/mol. The number of aliphatic hydroxyl groups excluding tert-OH is 1. The number of benzene rings is 1. The van der Waals surface area contributed by atoms with Crippen molar-refractivity contribution in [2.24, 2.45) is 4.99 Å². The summed E-state index contributed by atoms with van der Waals surface area (Å²) in [6, 6.07) is 4.59. The first kappa shape index (κ1) is 21.8. The molecule has 0 spiro atoms. The van der Waals surface area contributed by atoms with E-state index in [0.717, 1.165) is 6.07 Å². The van der Waals surface area contributed by atoms with Gasteiger partial charge in [-0.05, 0) is 12.1 Å². The maximum atomic E-state index is 14.2. The van der Waals surface area contributed by atoms with Crippen LogP contribution in [0.25, 0.3) is 0 Å². The van der Waals surface area contributed by atoms with Crippen LogP contribution in [-0.4, -0.2) is 83.6 Å². The summed E-state index contributed by atoms with van der Waals surface area (Å²) in [6.45, 7) is 2.27. The highest BCUT2D eigenvalue weighted by Crippen LogP contribution is 2.42. The Balaban J connectivity index is 1.92. The highest BCUT2D eigenvalue weighted by Gasteiger charge is 2.33. The van der Waals surface area contributed by atoms with E-state index < -0.39 is 23.6 Å². The molecule has 0 amide bonds. The zero-order valence-electron chi connectivity index (χ0n) is 17.5. The van der Waals surface area contributed by atoms with Crippen LogP contribution in [0.15, 0.2) is 29.3 Å². The largest absolute Gasteiger partial charge is 0.505 e. The van der Waals surface area contributed by atoms with Gasteiger partial charge in [0.2, 0.25) is 0 Å². The SMILES string of the molecule is CN(CCO)c1cc(C(=O)O)nc2c1NC(N1CCOCC1)=NC2c1cccc(F)c1O. The second kappa shape index (κ2) is 8.97. The van der Waals surface area contributed by atoms with Gasteiger partial charge in [0, 0.05) is 32.2 Å². The number of fused-ring (bicyclic) bond motifs is 1. The number of carboxylic acids is 1. The summed E-state index contributed by atoms with van der Waals surface area (Å²) in [4.78, 5) is 24.4. The first-order valence-corrected chi connectivity index (χ1v) is 10.2. The van der Waals surface area contributed by atoms with Crippen LogP contribution in [0.4, 0.5) is 15.8 Å². The number of pyridine rings is 1. The number of aromatic hydroxyl groups is 1. The molecule has 4 N–H and O–H groups in total. The molecule has 1 atom stereocenters. The Labute approximate surface area is 183 Å². The molecule has 3 heterocycles. The Morgan fingerprint density at radius 1 is 1.38 bits per heavy atom. The van der Waals surface area contributed by atoms with Gasteiger partial charge in [0.05, 0.1) is 36.9 Å². The zero-order chi connectivity index (χ0) is 22.8. The molecule has 1 fully saturated rings. The fourth-order valence-electron chi connectivity index (χ4n) is 3.79. The number of rotatable bonds is 5. The van der Waals surface area contributed by atoms with Gasteiger partial charge in [-0.3, -0.25) is 0 Å². The number of ether oxygens (including phenoxy) is 1. The monoisotopic (exact) mass is 445 g/mol. The highest BCUT2D eigenvalue weighted by atomic mass is 19.1. The molecule has 2 aliphatic heterocycles. The number of guanidine groups is 1. The van der Waals surface area contributed by atoms with E-state index in [2.05, 4.69) is 10.3 Å². The smallest absolute Gasteiger partial charge is 0.354 e. The minimum atomic E-state index is -1.24. The first-order chi connectivity index (χ1) is 15.4. The first-order valence-electron chi connectivity index (χ1n) is 10.2. The number of carbonyl (C=O) groups is 1. The van der Waals surface area contributed by atoms with Crippen molar-refractivity contribution >= 4 is 23.3 Å². The van der Waals surface area contributed by atoms with Crippen LogP contribution >= 0.6 is 0 Å². The average Bonchev–Trinajstić information content (AvgIpc) is 2.80. The number of aromatic carboxylic acids is 1. The molecule has 1 aromatic heterocycles. The lowest BCUT2D eigenvalue weighted by atomic mass is 9.98. The number of aliphatic hydroxyl groups is 1. The minimum Gasteiger partial charge on any atom is -0.505 e. The number of para-hydroxylation sites is 1. The number of aliphatic imine (C=N–C) groups is 1. The molecule has 1 aromatic carbocycles. The van der Waals surface area contributed by atoms with Gasteiger partial charge in [-0.2, -0.15) is 0 Å². The van der Waals surface area contributed by atoms with Crippen molar-refractivity contribution in [3.8, 4) is 5.75 Å². The molecule has 11 heteroatoms. The Morgan fingerprint density at radius 3 is 2.81 bits per heavy atom. The minimum absolute atomic E-state index is 0.144. The third kappa shape index (κ3) is 4.04. The van der Waals surface area contributed by atoms with E-state index in [1.165, 1.54) is 18.2 Å². The number of morpholine rings is 1. The number of carboxylic acid groups (broad SMARTS) is 1. The number of phenols is 1. The van der Waals surface area contributed by atoms with Crippen LogP contribution in [0.1, 0.15) is 27.8 Å². The quantitative estimate of drug-likeness (QED) is 0.537. The maximum Gasteiger partial charge on any atom is 0.354 e. The van der Waals surface area contributed by atoms with Crippen molar-refractivity contribution in [3.63, 3.8) is 0 Å². The number of phenolic OH excluding ortho intramolecular Hbond substituents is 1. The molecule has 1 saturated heterocycles. The van der Waals surface area contributed by atoms with Gasteiger partial charge in [0.25, 0.3) is 0 Å². The third-order valence-electron chi connectivity index (χ3n) is 5.46. The number of nitrogens with zero attached hydrogens (tertiary/aromatic N) is 4. The Bertz CT molecular complexity index is 1060. The van der Waals surface area contributed by atoms with Gasteiger partial charge >= 0.3 is 5.97 Å². The maximum absolute atomic E-state index is 14.2. The summed E-state index contributed by atoms with van der Waals surface area (Å²) >= 11 is 0. The average molecular weight is 445 g/mol. The van der Waals surface area contributed by atoms with Gasteiger partial charge in [0.15, 0.2) is 23.2 Å². The van der Waals surface area contributed by atoms with Crippen LogP contribution in [0, 0.1) is 5.82 Å². The van der Waals surface area contributed by atoms with Crippen LogP contribution in [0.3, 0.4) is 0 Å².